The molecule has 1 aliphatic rings. The minimum atomic E-state index is 0.195. The molecule has 1 aromatic carbocycles. The molecule has 0 saturated carbocycles. The number of benzene rings is 1. The zero-order chi connectivity index (χ0) is 12.8. The molecule has 0 bridgehead atoms. The molecule has 1 unspecified atom stereocenters. The quantitative estimate of drug-likeness (QED) is 0.722. The molecule has 0 spiro atoms. The Morgan fingerprint density at radius 3 is 2.94 bits per heavy atom. The van der Waals surface area contributed by atoms with Crippen molar-refractivity contribution >= 4 is 0 Å². The van der Waals surface area contributed by atoms with E-state index in [-0.39, 0.29) is 6.61 Å². The molecular formula is C14H21NO3. The normalized spacial score (nSPS) is 14.8. The molecule has 0 fully saturated rings. The van der Waals surface area contributed by atoms with Crippen LogP contribution in [-0.4, -0.2) is 31.6 Å². The third-order valence-corrected chi connectivity index (χ3v) is 3.26. The largest absolute Gasteiger partial charge is 0.454 e. The summed E-state index contributed by atoms with van der Waals surface area (Å²) in [6.07, 6.45) is 2.14. The highest BCUT2D eigenvalue weighted by molar-refractivity contribution is 5.44. The third kappa shape index (κ3) is 3.37. The second-order valence-electron chi connectivity index (χ2n) is 4.59. The van der Waals surface area contributed by atoms with Gasteiger partial charge in [-0.3, -0.25) is 0 Å². The van der Waals surface area contributed by atoms with Crippen LogP contribution in [0.15, 0.2) is 18.2 Å². The minimum Gasteiger partial charge on any atom is -0.454 e. The van der Waals surface area contributed by atoms with Crippen molar-refractivity contribution in [1.29, 1.82) is 0 Å². The average Bonchev–Trinajstić information content (AvgIpc) is 2.85. The maximum atomic E-state index is 8.75. The molecular weight excluding hydrogens is 230 g/mol. The number of hydrogen-bond acceptors (Lipinski definition) is 4. The van der Waals surface area contributed by atoms with Gasteiger partial charge in [0, 0.05) is 6.54 Å². The van der Waals surface area contributed by atoms with Crippen LogP contribution >= 0.6 is 0 Å². The fourth-order valence-electron chi connectivity index (χ4n) is 2.15. The van der Waals surface area contributed by atoms with E-state index in [9.17, 15) is 0 Å². The average molecular weight is 251 g/mol. The maximum Gasteiger partial charge on any atom is 0.231 e. The van der Waals surface area contributed by atoms with Crippen LogP contribution in [0, 0.1) is 5.92 Å². The van der Waals surface area contributed by atoms with E-state index in [0.717, 1.165) is 30.9 Å². The lowest BCUT2D eigenvalue weighted by molar-refractivity contribution is 0.174. The summed E-state index contributed by atoms with van der Waals surface area (Å²) in [5.74, 6) is 2.27. The summed E-state index contributed by atoms with van der Waals surface area (Å²) in [6, 6.07) is 6.14. The molecule has 2 rings (SSSR count). The molecule has 0 saturated heterocycles. The van der Waals surface area contributed by atoms with Gasteiger partial charge in [-0.05, 0) is 36.6 Å². The molecule has 2 N–H and O–H groups in total. The van der Waals surface area contributed by atoms with Crippen LogP contribution in [0.2, 0.25) is 0 Å². The van der Waals surface area contributed by atoms with Crippen molar-refractivity contribution in [3.05, 3.63) is 23.8 Å². The fourth-order valence-corrected chi connectivity index (χ4v) is 2.15. The van der Waals surface area contributed by atoms with Gasteiger partial charge in [0.1, 0.15) is 0 Å². The van der Waals surface area contributed by atoms with Gasteiger partial charge >= 0.3 is 0 Å². The topological polar surface area (TPSA) is 50.7 Å². The van der Waals surface area contributed by atoms with Gasteiger partial charge in [-0.2, -0.15) is 0 Å². The highest BCUT2D eigenvalue weighted by atomic mass is 16.7. The Bertz CT molecular complexity index is 381. The van der Waals surface area contributed by atoms with Gasteiger partial charge in [0.25, 0.3) is 0 Å². The molecule has 1 heterocycles. The van der Waals surface area contributed by atoms with Crippen LogP contribution in [0.3, 0.4) is 0 Å². The summed E-state index contributed by atoms with van der Waals surface area (Å²) >= 11 is 0. The predicted octanol–water partition coefficient (Wildman–Crippen LogP) is 1.57. The Kier molecular flexibility index (Phi) is 4.84. The van der Waals surface area contributed by atoms with E-state index in [0.29, 0.717) is 19.3 Å². The molecule has 1 aliphatic heterocycles. The van der Waals surface area contributed by atoms with E-state index in [2.05, 4.69) is 24.4 Å². The van der Waals surface area contributed by atoms with Crippen molar-refractivity contribution < 1.29 is 14.6 Å². The summed E-state index contributed by atoms with van der Waals surface area (Å²) in [5.41, 5.74) is 1.27. The van der Waals surface area contributed by atoms with Crippen LogP contribution in [0.25, 0.3) is 0 Å². The van der Waals surface area contributed by atoms with Crippen LogP contribution in [0.1, 0.15) is 18.9 Å². The number of hydrogen-bond donors (Lipinski definition) is 2. The molecule has 0 radical (unpaired) electrons. The van der Waals surface area contributed by atoms with Gasteiger partial charge in [-0.1, -0.05) is 19.4 Å². The zero-order valence-electron chi connectivity index (χ0n) is 10.8. The van der Waals surface area contributed by atoms with Gasteiger partial charge in [-0.15, -0.1) is 0 Å². The van der Waals surface area contributed by atoms with Gasteiger partial charge in [-0.25, -0.2) is 0 Å². The SMILES string of the molecule is CCC(CNCCO)Cc1ccc2c(c1)OCO2. The van der Waals surface area contributed by atoms with Gasteiger partial charge in [0.05, 0.1) is 6.61 Å². The first-order valence-corrected chi connectivity index (χ1v) is 6.53. The van der Waals surface area contributed by atoms with E-state index in [1.54, 1.807) is 0 Å². The lowest BCUT2D eigenvalue weighted by Crippen LogP contribution is -2.26. The fraction of sp³-hybridized carbons (Fsp3) is 0.571. The van der Waals surface area contributed by atoms with Gasteiger partial charge in [0.2, 0.25) is 6.79 Å². The maximum absolute atomic E-state index is 8.75. The first-order valence-electron chi connectivity index (χ1n) is 6.53. The van der Waals surface area contributed by atoms with Crippen LogP contribution in [0.4, 0.5) is 0 Å². The van der Waals surface area contributed by atoms with Crippen molar-refractivity contribution in [2.24, 2.45) is 5.92 Å². The molecule has 4 heteroatoms. The first-order chi connectivity index (χ1) is 8.83. The lowest BCUT2D eigenvalue weighted by Gasteiger charge is -2.15. The Hall–Kier alpha value is -1.26. The van der Waals surface area contributed by atoms with Gasteiger partial charge in [0.15, 0.2) is 11.5 Å². The lowest BCUT2D eigenvalue weighted by atomic mass is 9.96. The smallest absolute Gasteiger partial charge is 0.231 e. The summed E-state index contributed by atoms with van der Waals surface area (Å²) in [5, 5.41) is 12.0. The summed E-state index contributed by atoms with van der Waals surface area (Å²) in [4.78, 5) is 0. The summed E-state index contributed by atoms with van der Waals surface area (Å²) in [6.45, 7) is 4.32. The Labute approximate surface area is 108 Å². The standard InChI is InChI=1S/C14H21NO3/c1-2-11(9-15-5-6-16)7-12-3-4-13-14(8-12)18-10-17-13/h3-4,8,11,15-16H,2,5-7,9-10H2,1H3. The molecule has 1 aromatic rings. The molecule has 0 amide bonds. The van der Waals surface area contributed by atoms with Crippen LogP contribution in [-0.2, 0) is 6.42 Å². The van der Waals surface area contributed by atoms with E-state index >= 15 is 0 Å². The zero-order valence-corrected chi connectivity index (χ0v) is 10.8. The van der Waals surface area contributed by atoms with Crippen LogP contribution < -0.4 is 14.8 Å². The molecule has 18 heavy (non-hydrogen) atoms. The second kappa shape index (κ2) is 6.61. The van der Waals surface area contributed by atoms with Crippen molar-refractivity contribution in [2.45, 2.75) is 19.8 Å². The Morgan fingerprint density at radius 2 is 2.17 bits per heavy atom. The van der Waals surface area contributed by atoms with E-state index in [1.165, 1.54) is 5.56 Å². The van der Waals surface area contributed by atoms with Gasteiger partial charge < -0.3 is 19.9 Å². The molecule has 1 atom stereocenters. The van der Waals surface area contributed by atoms with Crippen LogP contribution in [0.5, 0.6) is 11.5 Å². The highest BCUT2D eigenvalue weighted by Gasteiger charge is 2.14. The predicted molar refractivity (Wildman–Crippen MR) is 70.0 cm³/mol. The molecule has 0 aromatic heterocycles. The number of nitrogens with one attached hydrogen (secondary N) is 1. The van der Waals surface area contributed by atoms with Crippen molar-refractivity contribution in [2.75, 3.05) is 26.5 Å². The second-order valence-corrected chi connectivity index (χ2v) is 4.59. The highest BCUT2D eigenvalue weighted by Crippen LogP contribution is 2.33. The van der Waals surface area contributed by atoms with E-state index < -0.39 is 0 Å². The molecule has 0 aliphatic carbocycles. The summed E-state index contributed by atoms with van der Waals surface area (Å²) < 4.78 is 10.7. The Morgan fingerprint density at radius 1 is 1.33 bits per heavy atom. The number of aliphatic hydroxyl groups excluding tert-OH is 1. The molecule has 100 valence electrons. The minimum absolute atomic E-state index is 0.195. The van der Waals surface area contributed by atoms with Crippen molar-refractivity contribution in [3.8, 4) is 11.5 Å². The number of ether oxygens (including phenoxy) is 2. The number of rotatable bonds is 7. The molecule has 4 nitrogen and oxygen atoms in total. The Balaban J connectivity index is 1.90. The first kappa shape index (κ1) is 13.2. The number of aliphatic hydroxyl groups is 1. The summed E-state index contributed by atoms with van der Waals surface area (Å²) in [7, 11) is 0. The van der Waals surface area contributed by atoms with E-state index in [4.69, 9.17) is 14.6 Å². The monoisotopic (exact) mass is 251 g/mol. The van der Waals surface area contributed by atoms with Crippen molar-refractivity contribution in [1.82, 2.24) is 5.32 Å². The third-order valence-electron chi connectivity index (χ3n) is 3.26. The van der Waals surface area contributed by atoms with E-state index in [1.807, 2.05) is 6.07 Å². The number of fused-ring (bicyclic) bond motifs is 1. The van der Waals surface area contributed by atoms with Crippen molar-refractivity contribution in [3.63, 3.8) is 0 Å².